The van der Waals surface area contributed by atoms with Gasteiger partial charge in [-0.15, -0.1) is 0 Å². The third-order valence-electron chi connectivity index (χ3n) is 2.39. The second-order valence-electron chi connectivity index (χ2n) is 4.31. The van der Waals surface area contributed by atoms with Gasteiger partial charge in [-0.25, -0.2) is 0 Å². The lowest BCUT2D eigenvalue weighted by Gasteiger charge is -2.17. The predicted molar refractivity (Wildman–Crippen MR) is 62.1 cm³/mol. The number of carbonyl (C=O) groups is 1. The molecule has 0 aromatic carbocycles. The number of carboxylic acid groups (broad SMARTS) is 1. The Bertz CT molecular complexity index is 364. The fourth-order valence-corrected chi connectivity index (χ4v) is 1.55. The zero-order valence-electron chi connectivity index (χ0n) is 9.90. The minimum Gasteiger partial charge on any atom is -0.480 e. The Kier molecular flexibility index (Phi) is 4.43. The second-order valence-corrected chi connectivity index (χ2v) is 4.31. The van der Waals surface area contributed by atoms with E-state index in [9.17, 15) is 4.79 Å². The van der Waals surface area contributed by atoms with Gasteiger partial charge in [-0.1, -0.05) is 19.9 Å². The molecule has 0 saturated carbocycles. The van der Waals surface area contributed by atoms with Crippen molar-refractivity contribution in [2.45, 2.75) is 33.4 Å². The van der Waals surface area contributed by atoms with Gasteiger partial charge in [-0.3, -0.25) is 9.78 Å². The summed E-state index contributed by atoms with van der Waals surface area (Å²) in [5.74, 6) is -0.745. The summed E-state index contributed by atoms with van der Waals surface area (Å²) in [7, 11) is 0. The van der Waals surface area contributed by atoms with Crippen molar-refractivity contribution in [1.82, 2.24) is 10.3 Å². The summed E-state index contributed by atoms with van der Waals surface area (Å²) in [4.78, 5) is 15.0. The zero-order valence-corrected chi connectivity index (χ0v) is 9.90. The summed E-state index contributed by atoms with van der Waals surface area (Å²) in [5.41, 5.74) is 2.09. The first kappa shape index (κ1) is 12.6. The van der Waals surface area contributed by atoms with Crippen LogP contribution >= 0.6 is 0 Å². The predicted octanol–water partition coefficient (Wildman–Crippen LogP) is 1.59. The van der Waals surface area contributed by atoms with Gasteiger partial charge in [0.2, 0.25) is 0 Å². The number of rotatable bonds is 5. The van der Waals surface area contributed by atoms with E-state index in [0.29, 0.717) is 6.54 Å². The Labute approximate surface area is 95.7 Å². The third kappa shape index (κ3) is 3.62. The summed E-state index contributed by atoms with van der Waals surface area (Å²) in [6.45, 7) is 6.28. The maximum Gasteiger partial charge on any atom is 0.320 e. The van der Waals surface area contributed by atoms with Crippen molar-refractivity contribution in [2.75, 3.05) is 0 Å². The molecule has 88 valence electrons. The number of hydrogen-bond acceptors (Lipinski definition) is 3. The highest BCUT2D eigenvalue weighted by atomic mass is 16.4. The zero-order chi connectivity index (χ0) is 12.1. The molecule has 0 radical (unpaired) electrons. The van der Waals surface area contributed by atoms with Gasteiger partial charge in [-0.2, -0.15) is 0 Å². The van der Waals surface area contributed by atoms with Crippen LogP contribution in [0.5, 0.6) is 0 Å². The Hall–Kier alpha value is -1.42. The molecule has 0 saturated heterocycles. The standard InChI is InChI=1S/C12H18N2O2/c1-8(2)11(12(15)16)14-7-10-4-9(3)5-13-6-10/h4-6,8,11,14H,7H2,1-3H3,(H,15,16). The Morgan fingerprint density at radius 1 is 1.50 bits per heavy atom. The van der Waals surface area contributed by atoms with E-state index in [2.05, 4.69) is 10.3 Å². The quantitative estimate of drug-likeness (QED) is 0.794. The molecule has 1 aromatic heterocycles. The highest BCUT2D eigenvalue weighted by Gasteiger charge is 2.20. The lowest BCUT2D eigenvalue weighted by atomic mass is 10.0. The van der Waals surface area contributed by atoms with Crippen LogP contribution in [0, 0.1) is 12.8 Å². The van der Waals surface area contributed by atoms with Crippen molar-refractivity contribution < 1.29 is 9.90 Å². The average Bonchev–Trinajstić information content (AvgIpc) is 2.16. The monoisotopic (exact) mass is 222 g/mol. The average molecular weight is 222 g/mol. The molecule has 1 rings (SSSR count). The van der Waals surface area contributed by atoms with Gasteiger partial charge in [-0.05, 0) is 24.0 Å². The number of aryl methyl sites for hydroxylation is 1. The minimum absolute atomic E-state index is 0.0651. The van der Waals surface area contributed by atoms with E-state index in [-0.39, 0.29) is 5.92 Å². The van der Waals surface area contributed by atoms with Gasteiger partial charge < -0.3 is 10.4 Å². The maximum atomic E-state index is 11.0. The summed E-state index contributed by atoms with van der Waals surface area (Å²) < 4.78 is 0. The minimum atomic E-state index is -0.810. The summed E-state index contributed by atoms with van der Waals surface area (Å²) >= 11 is 0. The van der Waals surface area contributed by atoms with Crippen LogP contribution in [0.15, 0.2) is 18.5 Å². The summed E-state index contributed by atoms with van der Waals surface area (Å²) in [6.07, 6.45) is 3.53. The molecule has 0 aliphatic carbocycles. The number of aliphatic carboxylic acids is 1. The van der Waals surface area contributed by atoms with Crippen molar-refractivity contribution in [3.8, 4) is 0 Å². The van der Waals surface area contributed by atoms with Crippen LogP contribution in [0.4, 0.5) is 0 Å². The SMILES string of the molecule is Cc1cncc(CNC(C(=O)O)C(C)C)c1. The second kappa shape index (κ2) is 5.61. The van der Waals surface area contributed by atoms with Gasteiger partial charge in [0.1, 0.15) is 6.04 Å². The van der Waals surface area contributed by atoms with Crippen LogP contribution in [0.1, 0.15) is 25.0 Å². The number of pyridine rings is 1. The van der Waals surface area contributed by atoms with Gasteiger partial charge in [0, 0.05) is 18.9 Å². The van der Waals surface area contributed by atoms with Crippen LogP contribution in [0.3, 0.4) is 0 Å². The highest BCUT2D eigenvalue weighted by molar-refractivity contribution is 5.73. The largest absolute Gasteiger partial charge is 0.480 e. The fraction of sp³-hybridized carbons (Fsp3) is 0.500. The number of nitrogens with one attached hydrogen (secondary N) is 1. The van der Waals surface area contributed by atoms with Crippen LogP contribution in [0.2, 0.25) is 0 Å². The van der Waals surface area contributed by atoms with Gasteiger partial charge in [0.15, 0.2) is 0 Å². The van der Waals surface area contributed by atoms with Crippen LogP contribution < -0.4 is 5.32 Å². The molecule has 0 amide bonds. The van der Waals surface area contributed by atoms with E-state index in [0.717, 1.165) is 11.1 Å². The normalized spacial score (nSPS) is 12.8. The molecule has 0 aliphatic rings. The Balaban J connectivity index is 2.59. The molecule has 4 heteroatoms. The van der Waals surface area contributed by atoms with Crippen LogP contribution in [0.25, 0.3) is 0 Å². The van der Waals surface area contributed by atoms with Crippen molar-refractivity contribution >= 4 is 5.97 Å². The number of aromatic nitrogens is 1. The molecule has 16 heavy (non-hydrogen) atoms. The van der Waals surface area contributed by atoms with Crippen LogP contribution in [-0.2, 0) is 11.3 Å². The Morgan fingerprint density at radius 2 is 2.19 bits per heavy atom. The topological polar surface area (TPSA) is 62.2 Å². The first-order valence-electron chi connectivity index (χ1n) is 5.37. The Morgan fingerprint density at radius 3 is 2.69 bits per heavy atom. The lowest BCUT2D eigenvalue weighted by Crippen LogP contribution is -2.40. The first-order chi connectivity index (χ1) is 7.50. The van der Waals surface area contributed by atoms with Gasteiger partial charge in [0.25, 0.3) is 0 Å². The molecule has 1 heterocycles. The van der Waals surface area contributed by atoms with Crippen molar-refractivity contribution in [3.63, 3.8) is 0 Å². The number of nitrogens with zero attached hydrogens (tertiary/aromatic N) is 1. The summed E-state index contributed by atoms with van der Waals surface area (Å²) in [6, 6.07) is 1.49. The maximum absolute atomic E-state index is 11.0. The number of carboxylic acids is 1. The fourth-order valence-electron chi connectivity index (χ4n) is 1.55. The molecular formula is C12H18N2O2. The molecule has 0 aliphatic heterocycles. The van der Waals surface area contributed by atoms with Crippen molar-refractivity contribution in [2.24, 2.45) is 5.92 Å². The molecule has 1 unspecified atom stereocenters. The van der Waals surface area contributed by atoms with E-state index in [1.54, 1.807) is 12.4 Å². The van der Waals surface area contributed by atoms with E-state index >= 15 is 0 Å². The summed E-state index contributed by atoms with van der Waals surface area (Å²) in [5, 5.41) is 12.0. The van der Waals surface area contributed by atoms with E-state index < -0.39 is 12.0 Å². The van der Waals surface area contributed by atoms with E-state index in [1.807, 2.05) is 26.8 Å². The number of hydrogen-bond donors (Lipinski definition) is 2. The van der Waals surface area contributed by atoms with Crippen molar-refractivity contribution in [3.05, 3.63) is 29.6 Å². The highest BCUT2D eigenvalue weighted by Crippen LogP contribution is 2.05. The van der Waals surface area contributed by atoms with Gasteiger partial charge in [0.05, 0.1) is 0 Å². The van der Waals surface area contributed by atoms with E-state index in [1.165, 1.54) is 0 Å². The molecule has 2 N–H and O–H groups in total. The van der Waals surface area contributed by atoms with Gasteiger partial charge >= 0.3 is 5.97 Å². The molecule has 0 spiro atoms. The molecular weight excluding hydrogens is 204 g/mol. The lowest BCUT2D eigenvalue weighted by molar-refractivity contribution is -0.140. The molecule has 1 aromatic rings. The van der Waals surface area contributed by atoms with Crippen molar-refractivity contribution in [1.29, 1.82) is 0 Å². The first-order valence-corrected chi connectivity index (χ1v) is 5.37. The molecule has 1 atom stereocenters. The smallest absolute Gasteiger partial charge is 0.320 e. The molecule has 4 nitrogen and oxygen atoms in total. The van der Waals surface area contributed by atoms with E-state index in [4.69, 9.17) is 5.11 Å². The molecule has 0 fully saturated rings. The third-order valence-corrected chi connectivity index (χ3v) is 2.39. The van der Waals surface area contributed by atoms with Crippen LogP contribution in [-0.4, -0.2) is 22.1 Å². The molecule has 0 bridgehead atoms.